The van der Waals surface area contributed by atoms with Crippen LogP contribution in [0.4, 0.5) is 16.0 Å². The van der Waals surface area contributed by atoms with Crippen LogP contribution < -0.4 is 11.1 Å². The zero-order valence-corrected chi connectivity index (χ0v) is 16.2. The van der Waals surface area contributed by atoms with E-state index in [1.165, 1.54) is 12.1 Å². The van der Waals surface area contributed by atoms with Crippen LogP contribution in [0.3, 0.4) is 0 Å². The van der Waals surface area contributed by atoms with Crippen molar-refractivity contribution in [1.82, 2.24) is 9.97 Å². The molecule has 3 N–H and O–H groups in total. The summed E-state index contributed by atoms with van der Waals surface area (Å²) >= 11 is 0. The largest absolute Gasteiger partial charge is 0.366 e. The Morgan fingerprint density at radius 2 is 1.65 bits per heavy atom. The highest BCUT2D eigenvalue weighted by atomic mass is 19.1. The van der Waals surface area contributed by atoms with Crippen molar-refractivity contribution >= 4 is 17.5 Å². The van der Waals surface area contributed by atoms with Gasteiger partial charge in [0.2, 0.25) is 11.9 Å². The van der Waals surface area contributed by atoms with E-state index in [9.17, 15) is 14.4 Å². The number of anilines is 2. The van der Waals surface area contributed by atoms with Gasteiger partial charge in [-0.25, -0.2) is 14.4 Å². The van der Waals surface area contributed by atoms with Crippen molar-refractivity contribution in [2.24, 2.45) is 5.73 Å². The Hall–Kier alpha value is -4.57. The van der Waals surface area contributed by atoms with Crippen LogP contribution >= 0.6 is 0 Å². The number of aromatic nitrogens is 2. The Kier molecular flexibility index (Phi) is 5.37. The standard InChI is InChI=1S/C24H16FN5O/c25-19-7-2-5-16(11-19)18-13-28-24(29-14-18)30-21-9-3-8-20(23(27)31)22(21)17-6-1-4-15(10-17)12-26/h1-11,13-14H,(H2,27,31)(H,28,29,30). The molecule has 1 heterocycles. The van der Waals surface area contributed by atoms with Gasteiger partial charge in [0, 0.05) is 34.8 Å². The molecule has 0 aliphatic heterocycles. The summed E-state index contributed by atoms with van der Waals surface area (Å²) < 4.78 is 13.5. The quantitative estimate of drug-likeness (QED) is 0.499. The molecule has 0 spiro atoms. The zero-order valence-electron chi connectivity index (χ0n) is 16.2. The Bertz CT molecular complexity index is 1310. The van der Waals surface area contributed by atoms with Crippen molar-refractivity contribution < 1.29 is 9.18 Å². The normalized spacial score (nSPS) is 10.3. The topological polar surface area (TPSA) is 105 Å². The molecule has 0 aliphatic carbocycles. The molecule has 0 bridgehead atoms. The van der Waals surface area contributed by atoms with Gasteiger partial charge in [0.1, 0.15) is 5.82 Å². The summed E-state index contributed by atoms with van der Waals surface area (Å²) in [6, 6.07) is 20.2. The number of nitrogens with one attached hydrogen (secondary N) is 1. The third-order valence-corrected chi connectivity index (χ3v) is 4.67. The van der Waals surface area contributed by atoms with Gasteiger partial charge in [-0.2, -0.15) is 5.26 Å². The van der Waals surface area contributed by atoms with Gasteiger partial charge in [0.05, 0.1) is 11.6 Å². The minimum atomic E-state index is -0.594. The summed E-state index contributed by atoms with van der Waals surface area (Å²) in [4.78, 5) is 20.7. The number of rotatable bonds is 5. The van der Waals surface area contributed by atoms with Crippen molar-refractivity contribution in [2.75, 3.05) is 5.32 Å². The number of nitrogens with two attached hydrogens (primary N) is 1. The van der Waals surface area contributed by atoms with Crippen LogP contribution in [0.15, 0.2) is 79.1 Å². The molecule has 6 nitrogen and oxygen atoms in total. The minimum Gasteiger partial charge on any atom is -0.366 e. The second-order valence-corrected chi connectivity index (χ2v) is 6.72. The first-order chi connectivity index (χ1) is 15.0. The highest BCUT2D eigenvalue weighted by Gasteiger charge is 2.16. The minimum absolute atomic E-state index is 0.291. The van der Waals surface area contributed by atoms with Crippen LogP contribution in [0.1, 0.15) is 15.9 Å². The van der Waals surface area contributed by atoms with E-state index < -0.39 is 5.91 Å². The molecule has 0 unspecified atom stereocenters. The van der Waals surface area contributed by atoms with Gasteiger partial charge in [-0.3, -0.25) is 4.79 Å². The maximum absolute atomic E-state index is 13.5. The fraction of sp³-hybridized carbons (Fsp3) is 0. The van der Waals surface area contributed by atoms with E-state index in [0.717, 1.165) is 0 Å². The maximum atomic E-state index is 13.5. The highest BCUT2D eigenvalue weighted by molar-refractivity contribution is 6.03. The molecular weight excluding hydrogens is 393 g/mol. The van der Waals surface area contributed by atoms with Crippen molar-refractivity contribution in [2.45, 2.75) is 0 Å². The van der Waals surface area contributed by atoms with Crippen molar-refractivity contribution in [3.8, 4) is 28.3 Å². The molecule has 7 heteroatoms. The van der Waals surface area contributed by atoms with Gasteiger partial charge >= 0.3 is 0 Å². The Labute approximate surface area is 177 Å². The van der Waals surface area contributed by atoms with Gasteiger partial charge < -0.3 is 11.1 Å². The maximum Gasteiger partial charge on any atom is 0.249 e. The molecule has 0 saturated heterocycles. The van der Waals surface area contributed by atoms with Crippen molar-refractivity contribution in [3.63, 3.8) is 0 Å². The molecule has 0 atom stereocenters. The Morgan fingerprint density at radius 1 is 0.935 bits per heavy atom. The monoisotopic (exact) mass is 409 g/mol. The molecule has 1 aromatic heterocycles. The number of amides is 1. The number of benzene rings is 3. The molecule has 0 radical (unpaired) electrons. The van der Waals surface area contributed by atoms with Crippen LogP contribution in [-0.4, -0.2) is 15.9 Å². The van der Waals surface area contributed by atoms with E-state index in [0.29, 0.717) is 45.0 Å². The van der Waals surface area contributed by atoms with Gasteiger partial charge in [0.15, 0.2) is 0 Å². The summed E-state index contributed by atoms with van der Waals surface area (Å²) in [6.45, 7) is 0. The molecule has 4 rings (SSSR count). The summed E-state index contributed by atoms with van der Waals surface area (Å²) in [5.41, 5.74) is 9.44. The predicted octanol–water partition coefficient (Wildman–Crippen LogP) is 4.66. The number of primary amides is 1. The van der Waals surface area contributed by atoms with Gasteiger partial charge in [0.25, 0.3) is 0 Å². The lowest BCUT2D eigenvalue weighted by Gasteiger charge is -2.15. The summed E-state index contributed by atoms with van der Waals surface area (Å²) in [6.07, 6.45) is 3.16. The molecule has 0 aliphatic rings. The molecule has 1 amide bonds. The van der Waals surface area contributed by atoms with E-state index in [2.05, 4.69) is 21.4 Å². The average molecular weight is 409 g/mol. The summed E-state index contributed by atoms with van der Waals surface area (Å²) in [7, 11) is 0. The number of carbonyl (C=O) groups excluding carboxylic acids is 1. The van der Waals surface area contributed by atoms with E-state index >= 15 is 0 Å². The SMILES string of the molecule is N#Cc1cccc(-c2c(Nc3ncc(-c4cccc(F)c4)cn3)cccc2C(N)=O)c1. The molecule has 3 aromatic carbocycles. The van der Waals surface area contributed by atoms with E-state index in [-0.39, 0.29) is 5.82 Å². The lowest BCUT2D eigenvalue weighted by molar-refractivity contribution is 0.100. The summed E-state index contributed by atoms with van der Waals surface area (Å²) in [5.74, 6) is -0.643. The molecular formula is C24H16FN5O. The number of carbonyl (C=O) groups is 1. The lowest BCUT2D eigenvalue weighted by Crippen LogP contribution is -2.13. The predicted molar refractivity (Wildman–Crippen MR) is 116 cm³/mol. The fourth-order valence-electron chi connectivity index (χ4n) is 3.25. The zero-order chi connectivity index (χ0) is 21.8. The van der Waals surface area contributed by atoms with Gasteiger partial charge in [-0.15, -0.1) is 0 Å². The van der Waals surface area contributed by atoms with Crippen molar-refractivity contribution in [3.05, 3.63) is 96.1 Å². The number of hydrogen-bond acceptors (Lipinski definition) is 5. The number of hydrogen-bond donors (Lipinski definition) is 2. The number of halogens is 1. The van der Waals surface area contributed by atoms with Crippen LogP contribution in [0.2, 0.25) is 0 Å². The molecule has 0 fully saturated rings. The van der Waals surface area contributed by atoms with E-state index in [4.69, 9.17) is 5.73 Å². The van der Waals surface area contributed by atoms with Gasteiger partial charge in [-0.05, 0) is 47.5 Å². The van der Waals surface area contributed by atoms with Crippen LogP contribution in [0.25, 0.3) is 22.3 Å². The second-order valence-electron chi connectivity index (χ2n) is 6.72. The fourth-order valence-corrected chi connectivity index (χ4v) is 3.25. The average Bonchev–Trinajstić information content (AvgIpc) is 2.79. The van der Waals surface area contributed by atoms with Crippen LogP contribution in [-0.2, 0) is 0 Å². The molecule has 31 heavy (non-hydrogen) atoms. The smallest absolute Gasteiger partial charge is 0.249 e. The van der Waals surface area contributed by atoms with Gasteiger partial charge in [-0.1, -0.05) is 30.3 Å². The second kappa shape index (κ2) is 8.43. The first-order valence-electron chi connectivity index (χ1n) is 9.33. The van der Waals surface area contributed by atoms with Crippen LogP contribution in [0, 0.1) is 17.1 Å². The summed E-state index contributed by atoms with van der Waals surface area (Å²) in [5, 5.41) is 12.3. The molecule has 4 aromatic rings. The highest BCUT2D eigenvalue weighted by Crippen LogP contribution is 2.33. The number of nitrogens with zero attached hydrogens (tertiary/aromatic N) is 3. The molecule has 0 saturated carbocycles. The van der Waals surface area contributed by atoms with Crippen molar-refractivity contribution in [1.29, 1.82) is 5.26 Å². The lowest BCUT2D eigenvalue weighted by atomic mass is 9.96. The van der Waals surface area contributed by atoms with Crippen LogP contribution in [0.5, 0.6) is 0 Å². The first-order valence-corrected chi connectivity index (χ1v) is 9.33. The molecule has 150 valence electrons. The Balaban J connectivity index is 1.72. The van der Waals surface area contributed by atoms with E-state index in [1.807, 2.05) is 0 Å². The third kappa shape index (κ3) is 4.23. The first kappa shape index (κ1) is 19.7. The van der Waals surface area contributed by atoms with E-state index in [1.54, 1.807) is 67.0 Å². The third-order valence-electron chi connectivity index (χ3n) is 4.67. The number of nitriles is 1. The Morgan fingerprint density at radius 3 is 2.35 bits per heavy atom.